The number of anilines is 1. The van der Waals surface area contributed by atoms with E-state index >= 15 is 0 Å². The first kappa shape index (κ1) is 13.0. The fourth-order valence-corrected chi connectivity index (χ4v) is 3.65. The maximum atomic E-state index is 3.62. The van der Waals surface area contributed by atoms with E-state index in [9.17, 15) is 0 Å². The van der Waals surface area contributed by atoms with Crippen LogP contribution in [0.25, 0.3) is 0 Å². The second-order valence-electron chi connectivity index (χ2n) is 6.15. The molecule has 1 saturated heterocycles. The molecule has 2 nitrogen and oxygen atoms in total. The minimum absolute atomic E-state index is 0.599. The molecule has 1 aromatic rings. The fourth-order valence-electron chi connectivity index (χ4n) is 3.65. The van der Waals surface area contributed by atoms with E-state index in [1.165, 1.54) is 37.8 Å². The molecule has 19 heavy (non-hydrogen) atoms. The lowest BCUT2D eigenvalue weighted by molar-refractivity contribution is 0.401. The van der Waals surface area contributed by atoms with E-state index < -0.39 is 0 Å². The van der Waals surface area contributed by atoms with Gasteiger partial charge in [0.2, 0.25) is 0 Å². The summed E-state index contributed by atoms with van der Waals surface area (Å²) in [6.07, 6.45) is 6.51. The van der Waals surface area contributed by atoms with Gasteiger partial charge in [0.05, 0.1) is 0 Å². The van der Waals surface area contributed by atoms with E-state index in [0.29, 0.717) is 12.1 Å². The monoisotopic (exact) mass is 258 g/mol. The van der Waals surface area contributed by atoms with Crippen LogP contribution in [0.2, 0.25) is 0 Å². The highest BCUT2D eigenvalue weighted by molar-refractivity contribution is 5.59. The van der Waals surface area contributed by atoms with E-state index in [0.717, 1.165) is 13.1 Å². The number of hydrogen-bond acceptors (Lipinski definition) is 2. The predicted octanol–water partition coefficient (Wildman–Crippen LogP) is 3.14. The average Bonchev–Trinajstić information content (AvgIpc) is 2.46. The molecule has 1 fully saturated rings. The van der Waals surface area contributed by atoms with Gasteiger partial charge in [-0.05, 0) is 56.2 Å². The Labute approximate surface area is 117 Å². The highest BCUT2D eigenvalue weighted by atomic mass is 15.2. The smallest absolute Gasteiger partial charge is 0.0412 e. The van der Waals surface area contributed by atoms with Crippen LogP contribution in [0.5, 0.6) is 0 Å². The number of aryl methyl sites for hydroxylation is 1. The van der Waals surface area contributed by atoms with Gasteiger partial charge in [-0.3, -0.25) is 0 Å². The second-order valence-corrected chi connectivity index (χ2v) is 6.15. The molecule has 2 aliphatic rings. The van der Waals surface area contributed by atoms with Crippen molar-refractivity contribution in [3.05, 3.63) is 29.3 Å². The lowest BCUT2D eigenvalue weighted by atomic mass is 9.89. The number of rotatable bonds is 2. The lowest BCUT2D eigenvalue weighted by Gasteiger charge is -2.42. The standard InChI is InChI=1S/C17H26N2/c1-3-15-11-18-13(2)12-19(15)17-10-6-8-14-7-4-5-9-16(14)17/h6,8,10,13,15,18H,3-5,7,9,11-12H2,1-2H3. The molecule has 1 aliphatic heterocycles. The molecule has 1 aromatic carbocycles. The van der Waals surface area contributed by atoms with Gasteiger partial charge in [0, 0.05) is 30.9 Å². The molecule has 0 amide bonds. The van der Waals surface area contributed by atoms with Crippen LogP contribution in [0.15, 0.2) is 18.2 Å². The summed E-state index contributed by atoms with van der Waals surface area (Å²) < 4.78 is 0. The van der Waals surface area contributed by atoms with Gasteiger partial charge in [0.25, 0.3) is 0 Å². The zero-order valence-electron chi connectivity index (χ0n) is 12.3. The molecule has 3 rings (SSSR count). The van der Waals surface area contributed by atoms with Gasteiger partial charge in [-0.25, -0.2) is 0 Å². The third kappa shape index (κ3) is 2.51. The first-order chi connectivity index (χ1) is 9.29. The van der Waals surface area contributed by atoms with Crippen LogP contribution in [0.3, 0.4) is 0 Å². The number of nitrogens with zero attached hydrogens (tertiary/aromatic N) is 1. The van der Waals surface area contributed by atoms with Gasteiger partial charge < -0.3 is 10.2 Å². The first-order valence-electron chi connectivity index (χ1n) is 7.90. The van der Waals surface area contributed by atoms with Gasteiger partial charge in [-0.2, -0.15) is 0 Å². The Morgan fingerprint density at radius 1 is 1.26 bits per heavy atom. The molecule has 104 valence electrons. The molecule has 0 saturated carbocycles. The van der Waals surface area contributed by atoms with Crippen LogP contribution in [-0.4, -0.2) is 25.2 Å². The van der Waals surface area contributed by atoms with Gasteiger partial charge in [-0.15, -0.1) is 0 Å². The third-order valence-corrected chi connectivity index (χ3v) is 4.77. The maximum absolute atomic E-state index is 3.62. The van der Waals surface area contributed by atoms with E-state index in [1.807, 2.05) is 0 Å². The predicted molar refractivity (Wildman–Crippen MR) is 82.0 cm³/mol. The summed E-state index contributed by atoms with van der Waals surface area (Å²) in [5.41, 5.74) is 4.77. The summed E-state index contributed by atoms with van der Waals surface area (Å²) in [6.45, 7) is 6.88. The number of nitrogens with one attached hydrogen (secondary N) is 1. The molecule has 2 atom stereocenters. The van der Waals surface area contributed by atoms with Crippen LogP contribution in [-0.2, 0) is 12.8 Å². The first-order valence-corrected chi connectivity index (χ1v) is 7.90. The third-order valence-electron chi connectivity index (χ3n) is 4.77. The lowest BCUT2D eigenvalue weighted by Crippen LogP contribution is -2.55. The van der Waals surface area contributed by atoms with Gasteiger partial charge in [0.15, 0.2) is 0 Å². The van der Waals surface area contributed by atoms with Crippen molar-refractivity contribution in [2.24, 2.45) is 0 Å². The van der Waals surface area contributed by atoms with Crippen molar-refractivity contribution in [3.8, 4) is 0 Å². The molecular weight excluding hydrogens is 232 g/mol. The zero-order chi connectivity index (χ0) is 13.2. The summed E-state index contributed by atoms with van der Waals surface area (Å²) in [4.78, 5) is 2.67. The minimum atomic E-state index is 0.599. The molecule has 2 unspecified atom stereocenters. The topological polar surface area (TPSA) is 15.3 Å². The molecule has 2 heteroatoms. The average molecular weight is 258 g/mol. The Morgan fingerprint density at radius 2 is 2.11 bits per heavy atom. The molecule has 1 aliphatic carbocycles. The fraction of sp³-hybridized carbons (Fsp3) is 0.647. The summed E-state index contributed by atoms with van der Waals surface area (Å²) in [5, 5.41) is 3.62. The van der Waals surface area contributed by atoms with E-state index in [-0.39, 0.29) is 0 Å². The highest BCUT2D eigenvalue weighted by Gasteiger charge is 2.27. The Morgan fingerprint density at radius 3 is 2.95 bits per heavy atom. The molecule has 0 aromatic heterocycles. The van der Waals surface area contributed by atoms with Crippen molar-refractivity contribution in [2.75, 3.05) is 18.0 Å². The second kappa shape index (κ2) is 5.54. The number of benzene rings is 1. The van der Waals surface area contributed by atoms with Crippen LogP contribution >= 0.6 is 0 Å². The highest BCUT2D eigenvalue weighted by Crippen LogP contribution is 2.32. The Balaban J connectivity index is 1.95. The van der Waals surface area contributed by atoms with Crippen molar-refractivity contribution in [2.45, 2.75) is 58.0 Å². The molecule has 1 heterocycles. The molecule has 1 N–H and O–H groups in total. The Kier molecular flexibility index (Phi) is 3.79. The Bertz CT molecular complexity index is 441. The summed E-state index contributed by atoms with van der Waals surface area (Å²) in [6, 6.07) is 8.21. The van der Waals surface area contributed by atoms with Crippen LogP contribution in [0.4, 0.5) is 5.69 Å². The summed E-state index contributed by atoms with van der Waals surface area (Å²) >= 11 is 0. The minimum Gasteiger partial charge on any atom is -0.365 e. The summed E-state index contributed by atoms with van der Waals surface area (Å²) in [7, 11) is 0. The SMILES string of the molecule is CCC1CNC(C)CN1c1cccc2c1CCCC2. The van der Waals surface area contributed by atoms with Crippen LogP contribution in [0.1, 0.15) is 44.2 Å². The van der Waals surface area contributed by atoms with Crippen molar-refractivity contribution in [1.29, 1.82) is 0 Å². The molecule has 0 radical (unpaired) electrons. The van der Waals surface area contributed by atoms with Crippen molar-refractivity contribution in [1.82, 2.24) is 5.32 Å². The number of piperazine rings is 1. The van der Waals surface area contributed by atoms with E-state index in [2.05, 4.69) is 42.3 Å². The maximum Gasteiger partial charge on any atom is 0.0412 e. The van der Waals surface area contributed by atoms with Crippen molar-refractivity contribution >= 4 is 5.69 Å². The van der Waals surface area contributed by atoms with E-state index in [4.69, 9.17) is 0 Å². The largest absolute Gasteiger partial charge is 0.365 e. The quantitative estimate of drug-likeness (QED) is 0.876. The zero-order valence-corrected chi connectivity index (χ0v) is 12.3. The normalized spacial score (nSPS) is 27.2. The van der Waals surface area contributed by atoms with Gasteiger partial charge in [0.1, 0.15) is 0 Å². The van der Waals surface area contributed by atoms with Gasteiger partial charge in [-0.1, -0.05) is 19.1 Å². The number of hydrogen-bond donors (Lipinski definition) is 1. The van der Waals surface area contributed by atoms with Crippen molar-refractivity contribution in [3.63, 3.8) is 0 Å². The Hall–Kier alpha value is -1.02. The molecular formula is C17H26N2. The molecule has 0 spiro atoms. The van der Waals surface area contributed by atoms with Crippen LogP contribution < -0.4 is 10.2 Å². The molecule has 0 bridgehead atoms. The van der Waals surface area contributed by atoms with Crippen molar-refractivity contribution < 1.29 is 0 Å². The van der Waals surface area contributed by atoms with E-state index in [1.54, 1.807) is 11.1 Å². The summed E-state index contributed by atoms with van der Waals surface area (Å²) in [5.74, 6) is 0. The van der Waals surface area contributed by atoms with Gasteiger partial charge >= 0.3 is 0 Å². The van der Waals surface area contributed by atoms with Crippen LogP contribution in [0, 0.1) is 0 Å². The number of fused-ring (bicyclic) bond motifs is 1.